The molecule has 1 aliphatic heterocycles. The van der Waals surface area contributed by atoms with Crippen LogP contribution in [0.5, 0.6) is 0 Å². The van der Waals surface area contributed by atoms with Crippen molar-refractivity contribution in [3.8, 4) is 11.3 Å². The van der Waals surface area contributed by atoms with E-state index in [4.69, 9.17) is 4.42 Å². The molecule has 20 heavy (non-hydrogen) atoms. The van der Waals surface area contributed by atoms with E-state index in [1.807, 2.05) is 24.3 Å². The first-order chi connectivity index (χ1) is 9.78. The molecule has 0 atom stereocenters. The highest BCUT2D eigenvalue weighted by atomic mass is 16.3. The molecule has 3 rings (SSSR count). The van der Waals surface area contributed by atoms with Gasteiger partial charge < -0.3 is 19.3 Å². The average molecular weight is 272 g/mol. The number of anilines is 1. The van der Waals surface area contributed by atoms with Gasteiger partial charge in [-0.3, -0.25) is 0 Å². The minimum atomic E-state index is 0.0523. The van der Waals surface area contributed by atoms with Gasteiger partial charge in [-0.05, 0) is 36.9 Å². The average Bonchev–Trinajstić information content (AvgIpc) is 3.02. The standard InChI is InChI=1S/C16H20N2O2/c1-17-6-8-18(9-7-17)15-5-4-13(12-19)11-14(15)16-3-2-10-20-16/h2-5,10-11,19H,6-9,12H2,1H3. The molecule has 0 unspecified atom stereocenters. The quantitative estimate of drug-likeness (QED) is 0.930. The van der Waals surface area contributed by atoms with Crippen molar-refractivity contribution in [1.29, 1.82) is 0 Å². The molecule has 4 heteroatoms. The Labute approximate surface area is 119 Å². The summed E-state index contributed by atoms with van der Waals surface area (Å²) in [7, 11) is 2.15. The lowest BCUT2D eigenvalue weighted by Crippen LogP contribution is -2.44. The van der Waals surface area contributed by atoms with Crippen LogP contribution in [0.4, 0.5) is 5.69 Å². The summed E-state index contributed by atoms with van der Waals surface area (Å²) >= 11 is 0. The zero-order chi connectivity index (χ0) is 13.9. The van der Waals surface area contributed by atoms with Crippen molar-refractivity contribution in [1.82, 2.24) is 4.90 Å². The molecule has 106 valence electrons. The Morgan fingerprint density at radius 1 is 1.15 bits per heavy atom. The second kappa shape index (κ2) is 5.69. The van der Waals surface area contributed by atoms with Gasteiger partial charge in [0.25, 0.3) is 0 Å². The van der Waals surface area contributed by atoms with Gasteiger partial charge in [0, 0.05) is 37.4 Å². The van der Waals surface area contributed by atoms with E-state index in [9.17, 15) is 5.11 Å². The fourth-order valence-electron chi connectivity index (χ4n) is 2.63. The first kappa shape index (κ1) is 13.2. The maximum Gasteiger partial charge on any atom is 0.135 e. The van der Waals surface area contributed by atoms with E-state index in [1.165, 1.54) is 5.69 Å². The van der Waals surface area contributed by atoms with Crippen LogP contribution < -0.4 is 4.90 Å². The van der Waals surface area contributed by atoms with E-state index >= 15 is 0 Å². The van der Waals surface area contributed by atoms with E-state index in [2.05, 4.69) is 22.9 Å². The van der Waals surface area contributed by atoms with Crippen LogP contribution in [0.15, 0.2) is 41.0 Å². The Bertz CT molecular complexity index is 558. The molecule has 0 spiro atoms. The van der Waals surface area contributed by atoms with Crippen molar-refractivity contribution >= 4 is 5.69 Å². The Balaban J connectivity index is 1.97. The van der Waals surface area contributed by atoms with Gasteiger partial charge in [-0.25, -0.2) is 0 Å². The number of rotatable bonds is 3. The molecule has 4 nitrogen and oxygen atoms in total. The summed E-state index contributed by atoms with van der Waals surface area (Å²) in [5, 5.41) is 9.34. The van der Waals surface area contributed by atoms with Gasteiger partial charge in [0.05, 0.1) is 12.9 Å². The zero-order valence-electron chi connectivity index (χ0n) is 11.7. The fourth-order valence-corrected chi connectivity index (χ4v) is 2.63. The van der Waals surface area contributed by atoms with E-state index in [0.29, 0.717) is 0 Å². The van der Waals surface area contributed by atoms with Crippen LogP contribution in [0.25, 0.3) is 11.3 Å². The lowest BCUT2D eigenvalue weighted by molar-refractivity contribution is 0.282. The van der Waals surface area contributed by atoms with Gasteiger partial charge in [-0.1, -0.05) is 6.07 Å². The van der Waals surface area contributed by atoms with Crippen molar-refractivity contribution in [2.24, 2.45) is 0 Å². The zero-order valence-corrected chi connectivity index (χ0v) is 11.7. The number of hydrogen-bond donors (Lipinski definition) is 1. The van der Waals surface area contributed by atoms with Crippen LogP contribution in [0, 0.1) is 0 Å². The highest BCUT2D eigenvalue weighted by molar-refractivity contribution is 5.76. The SMILES string of the molecule is CN1CCN(c2ccc(CO)cc2-c2ccco2)CC1. The van der Waals surface area contributed by atoms with Crippen LogP contribution in [-0.2, 0) is 6.61 Å². The highest BCUT2D eigenvalue weighted by Gasteiger charge is 2.19. The lowest BCUT2D eigenvalue weighted by atomic mass is 10.0. The van der Waals surface area contributed by atoms with Crippen LogP contribution in [0.3, 0.4) is 0 Å². The molecule has 0 aliphatic carbocycles. The summed E-state index contributed by atoms with van der Waals surface area (Å²) in [4.78, 5) is 4.73. The van der Waals surface area contributed by atoms with E-state index in [-0.39, 0.29) is 6.61 Å². The maximum atomic E-state index is 9.34. The molecular formula is C16H20N2O2. The van der Waals surface area contributed by atoms with Crippen molar-refractivity contribution in [2.75, 3.05) is 38.1 Å². The van der Waals surface area contributed by atoms with Crippen LogP contribution in [0.1, 0.15) is 5.56 Å². The molecule has 2 aromatic rings. The number of benzene rings is 1. The topological polar surface area (TPSA) is 39.9 Å². The normalized spacial score (nSPS) is 16.6. The van der Waals surface area contributed by atoms with Gasteiger partial charge in [0.1, 0.15) is 5.76 Å². The second-order valence-corrected chi connectivity index (χ2v) is 5.28. The number of piperazine rings is 1. The predicted molar refractivity (Wildman–Crippen MR) is 79.8 cm³/mol. The Morgan fingerprint density at radius 2 is 1.95 bits per heavy atom. The van der Waals surface area contributed by atoms with Gasteiger partial charge in [-0.15, -0.1) is 0 Å². The van der Waals surface area contributed by atoms with Crippen molar-refractivity contribution in [3.63, 3.8) is 0 Å². The molecule has 0 saturated carbocycles. The van der Waals surface area contributed by atoms with Crippen LogP contribution in [0.2, 0.25) is 0 Å². The van der Waals surface area contributed by atoms with Gasteiger partial charge in [0.15, 0.2) is 0 Å². The smallest absolute Gasteiger partial charge is 0.135 e. The summed E-state index contributed by atoms with van der Waals surface area (Å²) in [6.07, 6.45) is 1.69. The lowest BCUT2D eigenvalue weighted by Gasteiger charge is -2.35. The minimum absolute atomic E-state index is 0.0523. The van der Waals surface area contributed by atoms with E-state index in [1.54, 1.807) is 6.26 Å². The third-order valence-corrected chi connectivity index (χ3v) is 3.87. The summed E-state index contributed by atoms with van der Waals surface area (Å²) in [5.74, 6) is 0.856. The third-order valence-electron chi connectivity index (χ3n) is 3.87. The number of furan rings is 1. The monoisotopic (exact) mass is 272 g/mol. The fraction of sp³-hybridized carbons (Fsp3) is 0.375. The summed E-state index contributed by atoms with van der Waals surface area (Å²) in [6, 6.07) is 9.96. The summed E-state index contributed by atoms with van der Waals surface area (Å²) in [6.45, 7) is 4.22. The van der Waals surface area contributed by atoms with Crippen molar-refractivity contribution in [3.05, 3.63) is 42.2 Å². The van der Waals surface area contributed by atoms with Gasteiger partial charge in [-0.2, -0.15) is 0 Å². The van der Waals surface area contributed by atoms with Gasteiger partial charge >= 0.3 is 0 Å². The Kier molecular flexibility index (Phi) is 3.76. The van der Waals surface area contributed by atoms with Crippen molar-refractivity contribution in [2.45, 2.75) is 6.61 Å². The second-order valence-electron chi connectivity index (χ2n) is 5.28. The third kappa shape index (κ3) is 2.57. The molecule has 0 bridgehead atoms. The molecule has 1 aliphatic rings. The molecule has 0 radical (unpaired) electrons. The number of aliphatic hydroxyl groups excluding tert-OH is 1. The summed E-state index contributed by atoms with van der Waals surface area (Å²) < 4.78 is 5.55. The molecule has 1 aromatic carbocycles. The first-order valence-corrected chi connectivity index (χ1v) is 6.99. The number of likely N-dealkylation sites (N-methyl/N-ethyl adjacent to an activating group) is 1. The number of aliphatic hydroxyl groups is 1. The molecule has 1 N–H and O–H groups in total. The Morgan fingerprint density at radius 3 is 2.60 bits per heavy atom. The van der Waals surface area contributed by atoms with Crippen LogP contribution in [-0.4, -0.2) is 43.2 Å². The molecule has 1 fully saturated rings. The van der Waals surface area contributed by atoms with E-state index < -0.39 is 0 Å². The van der Waals surface area contributed by atoms with Gasteiger partial charge in [0.2, 0.25) is 0 Å². The van der Waals surface area contributed by atoms with E-state index in [0.717, 1.165) is 43.1 Å². The molecule has 2 heterocycles. The van der Waals surface area contributed by atoms with Crippen LogP contribution >= 0.6 is 0 Å². The molecule has 1 saturated heterocycles. The highest BCUT2D eigenvalue weighted by Crippen LogP contribution is 2.32. The predicted octanol–water partition coefficient (Wildman–Crippen LogP) is 2.19. The minimum Gasteiger partial charge on any atom is -0.464 e. The molecule has 1 aromatic heterocycles. The maximum absolute atomic E-state index is 9.34. The van der Waals surface area contributed by atoms with Crippen molar-refractivity contribution < 1.29 is 9.52 Å². The summed E-state index contributed by atoms with van der Waals surface area (Å²) in [5.41, 5.74) is 3.16. The Hall–Kier alpha value is -1.78. The number of hydrogen-bond acceptors (Lipinski definition) is 4. The molecular weight excluding hydrogens is 252 g/mol. The first-order valence-electron chi connectivity index (χ1n) is 6.99. The molecule has 0 amide bonds. The number of nitrogens with zero attached hydrogens (tertiary/aromatic N) is 2. The largest absolute Gasteiger partial charge is 0.464 e.